The molecule has 1 aliphatic heterocycles. The first kappa shape index (κ1) is 18.5. The van der Waals surface area contributed by atoms with Crippen molar-refractivity contribution in [3.05, 3.63) is 64.7 Å². The summed E-state index contributed by atoms with van der Waals surface area (Å²) < 4.78 is 0. The topological polar surface area (TPSA) is 99.2 Å². The van der Waals surface area contributed by atoms with E-state index in [2.05, 4.69) is 11.4 Å². The molecule has 0 spiro atoms. The highest BCUT2D eigenvalue weighted by molar-refractivity contribution is 5.97. The van der Waals surface area contributed by atoms with Gasteiger partial charge in [0.1, 0.15) is 0 Å². The van der Waals surface area contributed by atoms with Crippen molar-refractivity contribution in [1.29, 1.82) is 5.26 Å². The van der Waals surface area contributed by atoms with Gasteiger partial charge in [0.25, 0.3) is 5.91 Å². The van der Waals surface area contributed by atoms with Crippen LogP contribution in [0, 0.1) is 18.3 Å². The second-order valence-corrected chi connectivity index (χ2v) is 6.82. The number of hydrogen-bond acceptors (Lipinski definition) is 3. The molecule has 3 amide bonds. The van der Waals surface area contributed by atoms with Crippen LogP contribution in [-0.2, 0) is 0 Å². The highest BCUT2D eigenvalue weighted by Gasteiger charge is 2.25. The first-order valence-corrected chi connectivity index (χ1v) is 8.94. The monoisotopic (exact) mass is 362 g/mol. The van der Waals surface area contributed by atoms with E-state index >= 15 is 0 Å². The van der Waals surface area contributed by atoms with Gasteiger partial charge in [-0.15, -0.1) is 0 Å². The van der Waals surface area contributed by atoms with E-state index in [0.717, 1.165) is 18.4 Å². The number of nitrogens with two attached hydrogens (primary N) is 1. The van der Waals surface area contributed by atoms with Crippen molar-refractivity contribution in [2.24, 2.45) is 5.73 Å². The Hall–Kier alpha value is -3.33. The molecule has 0 aromatic heterocycles. The number of carbonyl (C=O) groups is 2. The molecule has 138 valence electrons. The summed E-state index contributed by atoms with van der Waals surface area (Å²) in [5.74, 6) is 0.354. The first-order valence-electron chi connectivity index (χ1n) is 8.94. The number of anilines is 1. The lowest BCUT2D eigenvalue weighted by Gasteiger charge is -2.32. The highest BCUT2D eigenvalue weighted by Crippen LogP contribution is 2.29. The number of urea groups is 1. The number of rotatable bonds is 3. The van der Waals surface area contributed by atoms with Crippen LogP contribution in [0.1, 0.15) is 45.8 Å². The van der Waals surface area contributed by atoms with E-state index in [1.54, 1.807) is 12.1 Å². The summed E-state index contributed by atoms with van der Waals surface area (Å²) in [6, 6.07) is 14.4. The van der Waals surface area contributed by atoms with E-state index in [0.29, 0.717) is 35.8 Å². The minimum Gasteiger partial charge on any atom is -0.351 e. The van der Waals surface area contributed by atoms with Gasteiger partial charge in [-0.1, -0.05) is 18.2 Å². The van der Waals surface area contributed by atoms with Crippen molar-refractivity contribution in [2.75, 3.05) is 18.4 Å². The molecule has 1 aliphatic rings. The summed E-state index contributed by atoms with van der Waals surface area (Å²) in [7, 11) is 0. The standard InChI is InChI=1S/C21H22N4O2/c1-14-2-5-18(12-19(14)24-21(23)27)20(26)25-10-8-17(9-11-25)16-6-3-15(13-22)4-7-16/h2-7,12,17H,8-11H2,1H3,(H3,23,24,27). The molecule has 6 heteroatoms. The molecular formula is C21H22N4O2. The van der Waals surface area contributed by atoms with Gasteiger partial charge >= 0.3 is 6.03 Å². The molecule has 0 unspecified atom stereocenters. The summed E-state index contributed by atoms with van der Waals surface area (Å²) >= 11 is 0. The molecule has 0 bridgehead atoms. The second kappa shape index (κ2) is 7.92. The van der Waals surface area contributed by atoms with Crippen LogP contribution < -0.4 is 11.1 Å². The van der Waals surface area contributed by atoms with Crippen LogP contribution in [0.3, 0.4) is 0 Å². The van der Waals surface area contributed by atoms with Crippen LogP contribution in [0.5, 0.6) is 0 Å². The van der Waals surface area contributed by atoms with Gasteiger partial charge in [0.2, 0.25) is 0 Å². The minimum atomic E-state index is -0.647. The zero-order valence-corrected chi connectivity index (χ0v) is 15.2. The lowest BCUT2D eigenvalue weighted by atomic mass is 9.89. The van der Waals surface area contributed by atoms with Crippen molar-refractivity contribution < 1.29 is 9.59 Å². The number of benzene rings is 2. The Morgan fingerprint density at radius 2 is 1.81 bits per heavy atom. The van der Waals surface area contributed by atoms with Crippen LogP contribution in [-0.4, -0.2) is 29.9 Å². The van der Waals surface area contributed by atoms with Gasteiger partial charge in [-0.25, -0.2) is 4.79 Å². The van der Waals surface area contributed by atoms with E-state index in [1.165, 1.54) is 5.56 Å². The zero-order chi connectivity index (χ0) is 19.4. The van der Waals surface area contributed by atoms with Crippen LogP contribution in [0.4, 0.5) is 10.5 Å². The zero-order valence-electron chi connectivity index (χ0n) is 15.2. The van der Waals surface area contributed by atoms with E-state index < -0.39 is 6.03 Å². The largest absolute Gasteiger partial charge is 0.351 e. The molecule has 3 rings (SSSR count). The number of amides is 3. The van der Waals surface area contributed by atoms with Gasteiger partial charge < -0.3 is 16.0 Å². The van der Waals surface area contributed by atoms with E-state index in [-0.39, 0.29) is 5.91 Å². The molecule has 27 heavy (non-hydrogen) atoms. The molecular weight excluding hydrogens is 340 g/mol. The van der Waals surface area contributed by atoms with Gasteiger partial charge in [0.15, 0.2) is 0 Å². The summed E-state index contributed by atoms with van der Waals surface area (Å²) in [4.78, 5) is 25.8. The predicted molar refractivity (Wildman–Crippen MR) is 103 cm³/mol. The molecule has 0 aliphatic carbocycles. The Bertz CT molecular complexity index is 891. The third-order valence-electron chi connectivity index (χ3n) is 5.04. The lowest BCUT2D eigenvalue weighted by molar-refractivity contribution is 0.0713. The van der Waals surface area contributed by atoms with Crippen LogP contribution in [0.15, 0.2) is 42.5 Å². The smallest absolute Gasteiger partial charge is 0.316 e. The molecule has 6 nitrogen and oxygen atoms in total. The number of hydrogen-bond donors (Lipinski definition) is 2. The summed E-state index contributed by atoms with van der Waals surface area (Å²) in [6.45, 7) is 3.20. The Kier molecular flexibility index (Phi) is 5.41. The van der Waals surface area contributed by atoms with Gasteiger partial charge in [-0.05, 0) is 61.1 Å². The van der Waals surface area contributed by atoms with Gasteiger partial charge in [-0.2, -0.15) is 5.26 Å². The molecule has 0 radical (unpaired) electrons. The molecule has 1 fully saturated rings. The van der Waals surface area contributed by atoms with Crippen LogP contribution in [0.2, 0.25) is 0 Å². The number of likely N-dealkylation sites (tertiary alicyclic amines) is 1. The van der Waals surface area contributed by atoms with E-state index in [4.69, 9.17) is 11.0 Å². The Labute approximate surface area is 158 Å². The Morgan fingerprint density at radius 3 is 2.41 bits per heavy atom. The molecule has 1 saturated heterocycles. The van der Waals surface area contributed by atoms with Crippen molar-refractivity contribution in [1.82, 2.24) is 4.90 Å². The van der Waals surface area contributed by atoms with Crippen molar-refractivity contribution in [3.63, 3.8) is 0 Å². The maximum atomic E-state index is 12.8. The maximum absolute atomic E-state index is 12.8. The minimum absolute atomic E-state index is 0.0409. The number of carbonyl (C=O) groups excluding carboxylic acids is 2. The normalized spacial score (nSPS) is 14.4. The molecule has 2 aromatic rings. The summed E-state index contributed by atoms with van der Waals surface area (Å²) in [5.41, 5.74) is 9.01. The molecule has 0 atom stereocenters. The van der Waals surface area contributed by atoms with Crippen molar-refractivity contribution in [2.45, 2.75) is 25.7 Å². The fourth-order valence-electron chi connectivity index (χ4n) is 3.45. The second-order valence-electron chi connectivity index (χ2n) is 6.82. The highest BCUT2D eigenvalue weighted by atomic mass is 16.2. The number of primary amides is 1. The van der Waals surface area contributed by atoms with Crippen LogP contribution >= 0.6 is 0 Å². The fraction of sp³-hybridized carbons (Fsp3) is 0.286. The SMILES string of the molecule is Cc1ccc(C(=O)N2CCC(c3ccc(C#N)cc3)CC2)cc1NC(N)=O. The Balaban J connectivity index is 1.66. The maximum Gasteiger partial charge on any atom is 0.316 e. The van der Waals surface area contributed by atoms with Crippen molar-refractivity contribution >= 4 is 17.6 Å². The average molecular weight is 362 g/mol. The third-order valence-corrected chi connectivity index (χ3v) is 5.04. The van der Waals surface area contributed by atoms with Gasteiger partial charge in [0, 0.05) is 24.3 Å². The number of nitrogens with zero attached hydrogens (tertiary/aromatic N) is 2. The average Bonchev–Trinajstić information content (AvgIpc) is 2.69. The molecule has 1 heterocycles. The Morgan fingerprint density at radius 1 is 1.15 bits per heavy atom. The molecule has 3 N–H and O–H groups in total. The number of nitrogens with one attached hydrogen (secondary N) is 1. The van der Waals surface area contributed by atoms with Crippen LogP contribution in [0.25, 0.3) is 0 Å². The van der Waals surface area contributed by atoms with Crippen molar-refractivity contribution in [3.8, 4) is 6.07 Å². The quantitative estimate of drug-likeness (QED) is 0.875. The number of piperidine rings is 1. The van der Waals surface area contributed by atoms with Gasteiger partial charge in [0.05, 0.1) is 11.6 Å². The van der Waals surface area contributed by atoms with E-state index in [1.807, 2.05) is 42.2 Å². The third kappa shape index (κ3) is 4.26. The summed E-state index contributed by atoms with van der Waals surface area (Å²) in [5, 5.41) is 11.5. The number of aryl methyl sites for hydroxylation is 1. The molecule has 2 aromatic carbocycles. The van der Waals surface area contributed by atoms with Gasteiger partial charge in [-0.3, -0.25) is 4.79 Å². The summed E-state index contributed by atoms with van der Waals surface area (Å²) in [6.07, 6.45) is 1.77. The predicted octanol–water partition coefficient (Wildman–Crippen LogP) is 3.38. The number of nitriles is 1. The lowest BCUT2D eigenvalue weighted by Crippen LogP contribution is -2.38. The first-order chi connectivity index (χ1) is 13.0. The fourth-order valence-corrected chi connectivity index (χ4v) is 3.45. The molecule has 0 saturated carbocycles. The van der Waals surface area contributed by atoms with E-state index in [9.17, 15) is 9.59 Å².